The summed E-state index contributed by atoms with van der Waals surface area (Å²) in [5.74, 6) is 1.67. The van der Waals surface area contributed by atoms with E-state index in [4.69, 9.17) is 14.7 Å². The van der Waals surface area contributed by atoms with Gasteiger partial charge in [0, 0.05) is 12.4 Å². The molecule has 2 N–H and O–H groups in total. The zero-order valence-electron chi connectivity index (χ0n) is 9.56. The molecule has 1 atom stereocenters. The summed E-state index contributed by atoms with van der Waals surface area (Å²) in [4.78, 5) is 4.26. The van der Waals surface area contributed by atoms with E-state index in [0.29, 0.717) is 11.7 Å². The van der Waals surface area contributed by atoms with Gasteiger partial charge in [0.15, 0.2) is 11.9 Å². The van der Waals surface area contributed by atoms with Gasteiger partial charge in [0.2, 0.25) is 0 Å². The highest BCUT2D eigenvalue weighted by Gasteiger charge is 2.24. The fourth-order valence-electron chi connectivity index (χ4n) is 1.82. The van der Waals surface area contributed by atoms with Crippen molar-refractivity contribution < 1.29 is 8.94 Å². The predicted molar refractivity (Wildman–Crippen MR) is 62.6 cm³/mol. The second kappa shape index (κ2) is 4.50. The number of rotatable bonds is 4. The van der Waals surface area contributed by atoms with Gasteiger partial charge < -0.3 is 19.2 Å². The van der Waals surface area contributed by atoms with Crippen molar-refractivity contribution in [2.75, 3.05) is 0 Å². The van der Waals surface area contributed by atoms with E-state index in [0.717, 1.165) is 5.76 Å². The molecule has 0 amide bonds. The van der Waals surface area contributed by atoms with Gasteiger partial charge in [-0.1, -0.05) is 5.16 Å². The Bertz CT molecular complexity index is 564. The maximum atomic E-state index is 5.49. The van der Waals surface area contributed by atoms with Crippen LogP contribution in [0.4, 0.5) is 0 Å². The van der Waals surface area contributed by atoms with Crippen LogP contribution >= 0.6 is 0 Å². The van der Waals surface area contributed by atoms with E-state index in [2.05, 4.69) is 10.1 Å². The van der Waals surface area contributed by atoms with Gasteiger partial charge in [0.1, 0.15) is 5.76 Å². The van der Waals surface area contributed by atoms with E-state index < -0.39 is 0 Å². The van der Waals surface area contributed by atoms with Crippen molar-refractivity contribution in [3.05, 3.63) is 60.4 Å². The highest BCUT2D eigenvalue weighted by Crippen LogP contribution is 2.25. The summed E-state index contributed by atoms with van der Waals surface area (Å²) < 4.78 is 12.6. The first-order chi connectivity index (χ1) is 8.88. The number of nitrogens with two attached hydrogens (primary N) is 1. The molecule has 3 rings (SSSR count). The van der Waals surface area contributed by atoms with Gasteiger partial charge in [-0.3, -0.25) is 0 Å². The second-order valence-electron chi connectivity index (χ2n) is 3.80. The van der Waals surface area contributed by atoms with Crippen LogP contribution < -0.4 is 5.73 Å². The molecule has 0 aliphatic rings. The molecule has 0 spiro atoms. The smallest absolute Gasteiger partial charge is 0.257 e. The SMILES string of the molecule is NCc1noc(C(c2ccco2)n2cccc2)n1. The Morgan fingerprint density at radius 3 is 2.72 bits per heavy atom. The summed E-state index contributed by atoms with van der Waals surface area (Å²) in [5, 5.41) is 3.81. The molecule has 0 bridgehead atoms. The van der Waals surface area contributed by atoms with Crippen molar-refractivity contribution in [2.24, 2.45) is 5.73 Å². The fraction of sp³-hybridized carbons (Fsp3) is 0.167. The zero-order valence-corrected chi connectivity index (χ0v) is 9.56. The number of nitrogens with zero attached hydrogens (tertiary/aromatic N) is 3. The molecule has 6 nitrogen and oxygen atoms in total. The summed E-state index contributed by atoms with van der Waals surface area (Å²) in [7, 11) is 0. The number of hydrogen-bond donors (Lipinski definition) is 1. The molecular formula is C12H12N4O2. The summed E-state index contributed by atoms with van der Waals surface area (Å²) in [6.45, 7) is 0.250. The Hall–Kier alpha value is -2.34. The van der Waals surface area contributed by atoms with Crippen LogP contribution in [0.5, 0.6) is 0 Å². The van der Waals surface area contributed by atoms with Crippen LogP contribution in [0.25, 0.3) is 0 Å². The van der Waals surface area contributed by atoms with E-state index in [9.17, 15) is 0 Å². The highest BCUT2D eigenvalue weighted by atomic mass is 16.5. The van der Waals surface area contributed by atoms with Gasteiger partial charge in [-0.25, -0.2) is 0 Å². The van der Waals surface area contributed by atoms with Gasteiger partial charge in [0.05, 0.1) is 12.8 Å². The third kappa shape index (κ3) is 1.82. The van der Waals surface area contributed by atoms with Gasteiger partial charge in [-0.2, -0.15) is 4.98 Å². The Morgan fingerprint density at radius 1 is 1.28 bits per heavy atom. The van der Waals surface area contributed by atoms with E-state index >= 15 is 0 Å². The Kier molecular flexibility index (Phi) is 2.70. The Labute approximate surface area is 103 Å². The maximum Gasteiger partial charge on any atom is 0.257 e. The molecule has 6 heteroatoms. The standard InChI is InChI=1S/C12H12N4O2/c13-8-10-14-12(18-15-10)11(9-4-3-7-17-9)16-5-1-2-6-16/h1-7,11H,8,13H2. The van der Waals surface area contributed by atoms with Gasteiger partial charge in [0.25, 0.3) is 5.89 Å². The molecule has 18 heavy (non-hydrogen) atoms. The molecule has 0 aromatic carbocycles. The largest absolute Gasteiger partial charge is 0.467 e. The average molecular weight is 244 g/mol. The minimum absolute atomic E-state index is 0.250. The molecule has 0 aliphatic heterocycles. The zero-order chi connectivity index (χ0) is 12.4. The quantitative estimate of drug-likeness (QED) is 0.753. The average Bonchev–Trinajstić information content (AvgIpc) is 3.13. The summed E-state index contributed by atoms with van der Waals surface area (Å²) in [6, 6.07) is 7.29. The third-order valence-electron chi connectivity index (χ3n) is 2.64. The lowest BCUT2D eigenvalue weighted by Crippen LogP contribution is -2.10. The second-order valence-corrected chi connectivity index (χ2v) is 3.80. The van der Waals surface area contributed by atoms with Crippen molar-refractivity contribution in [1.29, 1.82) is 0 Å². The third-order valence-corrected chi connectivity index (χ3v) is 2.64. The van der Waals surface area contributed by atoms with Crippen LogP contribution in [-0.4, -0.2) is 14.7 Å². The Morgan fingerprint density at radius 2 is 2.11 bits per heavy atom. The lowest BCUT2D eigenvalue weighted by atomic mass is 10.2. The number of hydrogen-bond acceptors (Lipinski definition) is 5. The molecule has 1 unspecified atom stereocenters. The van der Waals surface area contributed by atoms with Crippen molar-refractivity contribution in [3.63, 3.8) is 0 Å². The lowest BCUT2D eigenvalue weighted by molar-refractivity contribution is 0.329. The molecule has 0 saturated heterocycles. The normalized spacial score (nSPS) is 12.7. The summed E-state index contributed by atoms with van der Waals surface area (Å²) in [6.07, 6.45) is 5.45. The molecule has 0 fully saturated rings. The minimum atomic E-state index is -0.261. The monoisotopic (exact) mass is 244 g/mol. The fourth-order valence-corrected chi connectivity index (χ4v) is 1.82. The van der Waals surface area contributed by atoms with E-state index in [1.165, 1.54) is 0 Å². The molecule has 3 aromatic heterocycles. The van der Waals surface area contributed by atoms with Crippen LogP contribution in [0.2, 0.25) is 0 Å². The van der Waals surface area contributed by atoms with Crippen LogP contribution in [0.1, 0.15) is 23.5 Å². The first kappa shape index (κ1) is 10.8. The molecule has 0 radical (unpaired) electrons. The van der Waals surface area contributed by atoms with Crippen LogP contribution in [-0.2, 0) is 6.54 Å². The van der Waals surface area contributed by atoms with Gasteiger partial charge in [-0.05, 0) is 24.3 Å². The Balaban J connectivity index is 2.05. The minimum Gasteiger partial charge on any atom is -0.467 e. The van der Waals surface area contributed by atoms with Crippen molar-refractivity contribution in [2.45, 2.75) is 12.6 Å². The molecule has 92 valence electrons. The van der Waals surface area contributed by atoms with Crippen molar-refractivity contribution in [1.82, 2.24) is 14.7 Å². The van der Waals surface area contributed by atoms with E-state index in [1.54, 1.807) is 6.26 Å². The molecule has 0 saturated carbocycles. The number of furan rings is 1. The maximum absolute atomic E-state index is 5.49. The van der Waals surface area contributed by atoms with Crippen LogP contribution in [0, 0.1) is 0 Å². The summed E-state index contributed by atoms with van der Waals surface area (Å²) >= 11 is 0. The van der Waals surface area contributed by atoms with Crippen molar-refractivity contribution in [3.8, 4) is 0 Å². The predicted octanol–water partition coefficient (Wildman–Crippen LogP) is 1.56. The summed E-state index contributed by atoms with van der Waals surface area (Å²) in [5.41, 5.74) is 5.49. The van der Waals surface area contributed by atoms with Crippen LogP contribution in [0.3, 0.4) is 0 Å². The molecule has 3 aromatic rings. The van der Waals surface area contributed by atoms with E-state index in [1.807, 2.05) is 41.2 Å². The topological polar surface area (TPSA) is 83.0 Å². The highest BCUT2D eigenvalue weighted by molar-refractivity contribution is 5.16. The molecule has 3 heterocycles. The first-order valence-electron chi connectivity index (χ1n) is 5.57. The lowest BCUT2D eigenvalue weighted by Gasteiger charge is -2.11. The first-order valence-corrected chi connectivity index (χ1v) is 5.57. The molecular weight excluding hydrogens is 232 g/mol. The number of aromatic nitrogens is 3. The van der Waals surface area contributed by atoms with Gasteiger partial charge in [-0.15, -0.1) is 0 Å². The van der Waals surface area contributed by atoms with Gasteiger partial charge >= 0.3 is 0 Å². The van der Waals surface area contributed by atoms with Crippen LogP contribution in [0.15, 0.2) is 51.9 Å². The van der Waals surface area contributed by atoms with E-state index in [-0.39, 0.29) is 12.6 Å². The van der Waals surface area contributed by atoms with Crippen molar-refractivity contribution >= 4 is 0 Å². The molecule has 0 aliphatic carbocycles.